The third-order valence-electron chi connectivity index (χ3n) is 11.2. The SMILES string of the molecule is [2H]c1c([2H])c([2H])c(-c2c([2H])c([2H])c3c(c2[2H])c2c([2H])c([2H])c([2H])c([2H])c2n3-c2ccc(-c3nc(-c4ccc5c6ccccc6c6ccccc6c5c4)nc(-c4ccccc4-c4ccccc4)n3)cc2)c([2H])c1[2H]. The van der Waals surface area contributed by atoms with Gasteiger partial charge in [-0.05, 0) is 103 Å². The van der Waals surface area contributed by atoms with Gasteiger partial charge in [0.1, 0.15) is 0 Å². The van der Waals surface area contributed by atoms with Crippen molar-refractivity contribution in [2.24, 2.45) is 0 Å². The lowest BCUT2D eigenvalue weighted by Gasteiger charge is -2.14. The minimum atomic E-state index is -0.691. The van der Waals surface area contributed by atoms with Crippen molar-refractivity contribution in [2.45, 2.75) is 0 Å². The molecule has 0 N–H and O–H groups in total. The maximum Gasteiger partial charge on any atom is 0.164 e. The molecule has 0 unspecified atom stereocenters. The lowest BCUT2D eigenvalue weighted by Crippen LogP contribution is -2.01. The Hall–Kier alpha value is -8.21. The quantitative estimate of drug-likeness (QED) is 0.158. The normalized spacial score (nSPS) is 14.4. The Morgan fingerprint density at radius 3 is 1.62 bits per heavy atom. The average Bonchev–Trinajstić information content (AvgIpc) is 3.81. The van der Waals surface area contributed by atoms with Crippen LogP contribution in [0.15, 0.2) is 218 Å². The van der Waals surface area contributed by atoms with Crippen molar-refractivity contribution in [3.63, 3.8) is 0 Å². The zero-order chi connectivity index (χ0) is 50.7. The topological polar surface area (TPSA) is 43.6 Å². The van der Waals surface area contributed by atoms with Crippen LogP contribution >= 0.6 is 0 Å². The minimum Gasteiger partial charge on any atom is -0.309 e. The van der Waals surface area contributed by atoms with Gasteiger partial charge in [0.05, 0.1) is 27.5 Å². The Morgan fingerprint density at radius 2 is 0.885 bits per heavy atom. The van der Waals surface area contributed by atoms with Gasteiger partial charge in [0.15, 0.2) is 17.5 Å². The molecule has 0 aliphatic heterocycles. The fourth-order valence-electron chi connectivity index (χ4n) is 8.38. The molecule has 4 nitrogen and oxygen atoms in total. The molecule has 0 amide bonds. The second-order valence-corrected chi connectivity index (χ2v) is 14.6. The molecule has 0 aliphatic rings. The van der Waals surface area contributed by atoms with Crippen molar-refractivity contribution in [3.8, 4) is 62.1 Å². The van der Waals surface area contributed by atoms with Gasteiger partial charge in [0.25, 0.3) is 0 Å². The van der Waals surface area contributed by atoms with Crippen LogP contribution in [0, 0.1) is 0 Å². The summed E-state index contributed by atoms with van der Waals surface area (Å²) in [6, 6.07) is 40.4. The summed E-state index contributed by atoms with van der Waals surface area (Å²) in [5.41, 5.74) is 3.22. The molecule has 0 radical (unpaired) electrons. The predicted octanol–water partition coefficient (Wildman–Crippen LogP) is 14.8. The fourth-order valence-corrected chi connectivity index (χ4v) is 8.38. The molecular formula is C57H36N4. The molecule has 0 saturated heterocycles. The van der Waals surface area contributed by atoms with Crippen molar-refractivity contribution >= 4 is 54.1 Å². The van der Waals surface area contributed by atoms with Crippen LogP contribution in [-0.4, -0.2) is 19.5 Å². The number of nitrogens with zero attached hydrogens (tertiary/aromatic N) is 4. The molecule has 0 saturated carbocycles. The first-order valence-corrected chi connectivity index (χ1v) is 19.7. The maximum absolute atomic E-state index is 9.54. The third kappa shape index (κ3) is 5.88. The molecule has 0 bridgehead atoms. The molecule has 10 aromatic carbocycles. The van der Waals surface area contributed by atoms with Crippen LogP contribution in [0.3, 0.4) is 0 Å². The molecule has 0 aliphatic carbocycles. The van der Waals surface area contributed by atoms with Gasteiger partial charge < -0.3 is 4.57 Å². The molecule has 12 rings (SSSR count). The Labute approximate surface area is 369 Å². The summed E-state index contributed by atoms with van der Waals surface area (Å²) in [5, 5.41) is 6.34. The van der Waals surface area contributed by atoms with Gasteiger partial charge in [0.2, 0.25) is 0 Å². The van der Waals surface area contributed by atoms with Crippen molar-refractivity contribution in [3.05, 3.63) is 218 Å². The lowest BCUT2D eigenvalue weighted by atomic mass is 9.93. The standard InChI is InChI=1S/C57H36N4/c1-3-15-37(16-4-1)40-30-34-54-52(35-40)49-24-13-14-26-53(49)61(54)42-31-27-39(28-32-42)55-58-56(60-57(59-55)50-25-12-7-19-43(50)38-17-5-2-6-18-38)41-29-33-48-46-22-9-8-20-44(46)45-21-10-11-23-47(45)51(48)36-41/h1-36H/i1D,3D,4D,13D,14D,15D,16D,24D,26D,30D,34D,35D. The van der Waals surface area contributed by atoms with E-state index in [0.29, 0.717) is 28.7 Å². The first-order valence-electron chi connectivity index (χ1n) is 25.7. The van der Waals surface area contributed by atoms with E-state index >= 15 is 0 Å². The lowest BCUT2D eigenvalue weighted by molar-refractivity contribution is 1.07. The summed E-state index contributed by atoms with van der Waals surface area (Å²) in [6.07, 6.45) is 0. The van der Waals surface area contributed by atoms with Crippen molar-refractivity contribution in [1.29, 1.82) is 0 Å². The number of benzene rings is 10. The Morgan fingerprint density at radius 1 is 0.328 bits per heavy atom. The van der Waals surface area contributed by atoms with Gasteiger partial charge in [0, 0.05) is 33.2 Å². The molecule has 0 fully saturated rings. The smallest absolute Gasteiger partial charge is 0.164 e. The Bertz CT molecular complexity index is 4290. The molecule has 61 heavy (non-hydrogen) atoms. The Kier molecular flexibility index (Phi) is 5.76. The fraction of sp³-hybridized carbons (Fsp3) is 0. The van der Waals surface area contributed by atoms with E-state index in [2.05, 4.69) is 36.4 Å². The van der Waals surface area contributed by atoms with Crippen LogP contribution in [-0.2, 0) is 0 Å². The molecule has 12 aromatic rings. The maximum atomic E-state index is 9.54. The Balaban J connectivity index is 1.08. The largest absolute Gasteiger partial charge is 0.309 e. The molecule has 0 spiro atoms. The monoisotopic (exact) mass is 788 g/mol. The average molecular weight is 789 g/mol. The first-order chi connectivity index (χ1) is 35.2. The number of rotatable bonds is 6. The second-order valence-electron chi connectivity index (χ2n) is 14.6. The summed E-state index contributed by atoms with van der Waals surface area (Å²) < 4.78 is 107. The van der Waals surface area contributed by atoms with Gasteiger partial charge in [-0.1, -0.05) is 170 Å². The highest BCUT2D eigenvalue weighted by Gasteiger charge is 2.18. The number of aromatic nitrogens is 4. The van der Waals surface area contributed by atoms with E-state index in [1.165, 1.54) is 4.57 Å². The molecule has 4 heteroatoms. The molecule has 0 atom stereocenters. The molecular weight excluding hydrogens is 741 g/mol. The zero-order valence-corrected chi connectivity index (χ0v) is 32.1. The molecule has 284 valence electrons. The van der Waals surface area contributed by atoms with E-state index in [-0.39, 0.29) is 21.8 Å². The number of hydrogen-bond acceptors (Lipinski definition) is 3. The molecule has 2 aromatic heterocycles. The van der Waals surface area contributed by atoms with E-state index in [0.717, 1.165) is 54.6 Å². The van der Waals surface area contributed by atoms with Crippen molar-refractivity contribution < 1.29 is 16.4 Å². The van der Waals surface area contributed by atoms with Crippen molar-refractivity contribution in [2.75, 3.05) is 0 Å². The van der Waals surface area contributed by atoms with E-state index in [1.807, 2.05) is 84.9 Å². The van der Waals surface area contributed by atoms with E-state index in [9.17, 15) is 5.48 Å². The highest BCUT2D eigenvalue weighted by Crippen LogP contribution is 2.39. The highest BCUT2D eigenvalue weighted by molar-refractivity contribution is 6.25. The van der Waals surface area contributed by atoms with Gasteiger partial charge in [-0.2, -0.15) is 0 Å². The van der Waals surface area contributed by atoms with Crippen LogP contribution in [0.2, 0.25) is 0 Å². The zero-order valence-electron chi connectivity index (χ0n) is 44.1. The summed E-state index contributed by atoms with van der Waals surface area (Å²) in [5.74, 6) is 1.17. The summed E-state index contributed by atoms with van der Waals surface area (Å²) in [6.45, 7) is 0. The van der Waals surface area contributed by atoms with E-state index < -0.39 is 83.6 Å². The van der Waals surface area contributed by atoms with Crippen LogP contribution in [0.4, 0.5) is 0 Å². The van der Waals surface area contributed by atoms with Gasteiger partial charge in [-0.3, -0.25) is 0 Å². The van der Waals surface area contributed by atoms with Crippen LogP contribution in [0.5, 0.6) is 0 Å². The summed E-state index contributed by atoms with van der Waals surface area (Å²) in [4.78, 5) is 15.4. The first kappa shape index (κ1) is 24.7. The van der Waals surface area contributed by atoms with E-state index in [4.69, 9.17) is 25.9 Å². The van der Waals surface area contributed by atoms with Crippen LogP contribution in [0.25, 0.3) is 116 Å². The minimum absolute atomic E-state index is 0.0766. The summed E-state index contributed by atoms with van der Waals surface area (Å²) >= 11 is 0. The number of para-hydroxylation sites is 1. The van der Waals surface area contributed by atoms with Crippen LogP contribution < -0.4 is 0 Å². The third-order valence-corrected chi connectivity index (χ3v) is 11.2. The number of fused-ring (bicyclic) bond motifs is 9. The van der Waals surface area contributed by atoms with Gasteiger partial charge in [-0.15, -0.1) is 0 Å². The second kappa shape index (κ2) is 14.3. The molecule has 2 heterocycles. The summed E-state index contributed by atoms with van der Waals surface area (Å²) in [7, 11) is 0. The van der Waals surface area contributed by atoms with Gasteiger partial charge in [-0.25, -0.2) is 15.0 Å². The van der Waals surface area contributed by atoms with Crippen LogP contribution in [0.1, 0.15) is 16.4 Å². The van der Waals surface area contributed by atoms with Gasteiger partial charge >= 0.3 is 0 Å². The highest BCUT2D eigenvalue weighted by atomic mass is 15.0. The predicted molar refractivity (Wildman–Crippen MR) is 254 cm³/mol. The number of hydrogen-bond donors (Lipinski definition) is 0. The van der Waals surface area contributed by atoms with Crippen molar-refractivity contribution in [1.82, 2.24) is 19.5 Å². The van der Waals surface area contributed by atoms with E-state index in [1.54, 1.807) is 24.3 Å².